The van der Waals surface area contributed by atoms with Crippen LogP contribution in [0.25, 0.3) is 10.9 Å². The minimum Gasteiger partial charge on any atom is -0.478 e. The molecule has 150 valence electrons. The first-order chi connectivity index (χ1) is 13.5. The minimum absolute atomic E-state index is 0.0757. The third-order valence-electron chi connectivity index (χ3n) is 5.02. The van der Waals surface area contributed by atoms with Crippen LogP contribution in [0.3, 0.4) is 0 Å². The average molecular weight is 384 g/mol. The van der Waals surface area contributed by atoms with Crippen LogP contribution >= 0.6 is 0 Å². The Bertz CT molecular complexity index is 860. The quantitative estimate of drug-likeness (QED) is 0.762. The molecule has 2 heterocycles. The van der Waals surface area contributed by atoms with Gasteiger partial charge in [0, 0.05) is 43.7 Å². The fourth-order valence-corrected chi connectivity index (χ4v) is 3.60. The average Bonchev–Trinajstić information content (AvgIpc) is 2.68. The van der Waals surface area contributed by atoms with Gasteiger partial charge in [-0.05, 0) is 43.7 Å². The first kappa shape index (κ1) is 20.1. The van der Waals surface area contributed by atoms with E-state index in [1.54, 1.807) is 24.3 Å². The third-order valence-corrected chi connectivity index (χ3v) is 5.02. The fourth-order valence-electron chi connectivity index (χ4n) is 3.60. The van der Waals surface area contributed by atoms with Gasteiger partial charge in [0.1, 0.15) is 5.82 Å². The number of rotatable bonds is 7. The van der Waals surface area contributed by atoms with Crippen molar-refractivity contribution in [3.63, 3.8) is 0 Å². The molecule has 7 heteroatoms. The van der Waals surface area contributed by atoms with Crippen LogP contribution in [-0.2, 0) is 4.79 Å². The van der Waals surface area contributed by atoms with Crippen LogP contribution in [0.4, 0.5) is 11.5 Å². The van der Waals surface area contributed by atoms with Crippen LogP contribution in [0.1, 0.15) is 43.5 Å². The Balaban J connectivity index is 1.88. The minimum atomic E-state index is -0.990. The first-order valence-corrected chi connectivity index (χ1v) is 9.97. The maximum atomic E-state index is 11.9. The zero-order valence-electron chi connectivity index (χ0n) is 16.6. The largest absolute Gasteiger partial charge is 0.478 e. The summed E-state index contributed by atoms with van der Waals surface area (Å²) in [5, 5.41) is 13.1. The molecule has 1 fully saturated rings. The predicted molar refractivity (Wildman–Crippen MR) is 111 cm³/mol. The van der Waals surface area contributed by atoms with E-state index in [0.717, 1.165) is 45.6 Å². The highest BCUT2D eigenvalue weighted by Gasteiger charge is 2.20. The van der Waals surface area contributed by atoms with Crippen LogP contribution < -0.4 is 10.2 Å². The lowest BCUT2D eigenvalue weighted by Gasteiger charge is -2.35. The highest BCUT2D eigenvalue weighted by atomic mass is 16.4. The summed E-state index contributed by atoms with van der Waals surface area (Å²) in [6.07, 6.45) is 2.33. The number of carboxylic acid groups (broad SMARTS) is 1. The van der Waals surface area contributed by atoms with E-state index in [2.05, 4.69) is 22.0 Å². The SMILES string of the molecule is CCCC(=O)Nc1ccc2nc(N3CCN(CCC)CC3)cc(C(=O)O)c2c1. The maximum absolute atomic E-state index is 11.9. The normalized spacial score (nSPS) is 15.0. The van der Waals surface area contributed by atoms with E-state index in [1.165, 1.54) is 0 Å². The van der Waals surface area contributed by atoms with Gasteiger partial charge in [-0.15, -0.1) is 0 Å². The Morgan fingerprint density at radius 1 is 1.11 bits per heavy atom. The Morgan fingerprint density at radius 3 is 2.50 bits per heavy atom. The highest BCUT2D eigenvalue weighted by molar-refractivity contribution is 6.05. The molecular weight excluding hydrogens is 356 g/mol. The molecule has 1 aromatic heterocycles. The van der Waals surface area contributed by atoms with Crippen LogP contribution in [0, 0.1) is 0 Å². The van der Waals surface area contributed by atoms with Crippen LogP contribution in [0.2, 0.25) is 0 Å². The van der Waals surface area contributed by atoms with Gasteiger partial charge in [-0.25, -0.2) is 9.78 Å². The number of carbonyl (C=O) groups is 2. The molecular formula is C21H28N4O3. The summed E-state index contributed by atoms with van der Waals surface area (Å²) < 4.78 is 0. The molecule has 7 nitrogen and oxygen atoms in total. The zero-order valence-corrected chi connectivity index (χ0v) is 16.6. The molecule has 3 rings (SSSR count). The summed E-state index contributed by atoms with van der Waals surface area (Å²) in [7, 11) is 0. The summed E-state index contributed by atoms with van der Waals surface area (Å²) in [6.45, 7) is 8.79. The van der Waals surface area contributed by atoms with Gasteiger partial charge >= 0.3 is 5.97 Å². The molecule has 0 bridgehead atoms. The lowest BCUT2D eigenvalue weighted by Crippen LogP contribution is -2.46. The fraction of sp³-hybridized carbons (Fsp3) is 0.476. The van der Waals surface area contributed by atoms with Crippen molar-refractivity contribution in [2.24, 2.45) is 0 Å². The van der Waals surface area contributed by atoms with E-state index in [1.807, 2.05) is 6.92 Å². The topological polar surface area (TPSA) is 85.8 Å². The van der Waals surface area contributed by atoms with Gasteiger partial charge in [0.15, 0.2) is 0 Å². The molecule has 0 spiro atoms. The van der Waals surface area contributed by atoms with Gasteiger partial charge in [-0.1, -0.05) is 13.8 Å². The first-order valence-electron chi connectivity index (χ1n) is 9.97. The van der Waals surface area contributed by atoms with E-state index in [4.69, 9.17) is 4.98 Å². The Kier molecular flexibility index (Phi) is 6.46. The van der Waals surface area contributed by atoms with Crippen molar-refractivity contribution in [1.82, 2.24) is 9.88 Å². The number of hydrogen-bond acceptors (Lipinski definition) is 5. The lowest BCUT2D eigenvalue weighted by atomic mass is 10.1. The number of carboxylic acids is 1. The molecule has 0 saturated carbocycles. The Labute approximate surface area is 165 Å². The van der Waals surface area contributed by atoms with Crippen LogP contribution in [0.5, 0.6) is 0 Å². The number of carbonyl (C=O) groups excluding carboxylic acids is 1. The van der Waals surface area contributed by atoms with E-state index >= 15 is 0 Å². The van der Waals surface area contributed by atoms with Gasteiger partial charge < -0.3 is 15.3 Å². The van der Waals surface area contributed by atoms with Crippen molar-refractivity contribution in [2.45, 2.75) is 33.1 Å². The number of piperazine rings is 1. The number of anilines is 2. The molecule has 1 aliphatic rings. The van der Waals surface area contributed by atoms with Crippen LogP contribution in [0.15, 0.2) is 24.3 Å². The number of pyridine rings is 1. The molecule has 28 heavy (non-hydrogen) atoms. The lowest BCUT2D eigenvalue weighted by molar-refractivity contribution is -0.116. The number of amides is 1. The molecule has 2 aromatic rings. The number of nitrogens with one attached hydrogen (secondary N) is 1. The van der Waals surface area contributed by atoms with Crippen molar-refractivity contribution in [2.75, 3.05) is 42.9 Å². The smallest absolute Gasteiger partial charge is 0.336 e. The summed E-state index contributed by atoms with van der Waals surface area (Å²) in [6, 6.07) is 6.90. The van der Waals surface area contributed by atoms with E-state index in [9.17, 15) is 14.7 Å². The Hall–Kier alpha value is -2.67. The molecule has 0 aliphatic carbocycles. The number of fused-ring (bicyclic) bond motifs is 1. The second-order valence-corrected chi connectivity index (χ2v) is 7.19. The van der Waals surface area contributed by atoms with E-state index in [-0.39, 0.29) is 11.5 Å². The van der Waals surface area contributed by atoms with Gasteiger partial charge in [0.2, 0.25) is 5.91 Å². The van der Waals surface area contributed by atoms with Gasteiger partial charge in [-0.2, -0.15) is 0 Å². The molecule has 1 saturated heterocycles. The Morgan fingerprint density at radius 2 is 1.86 bits per heavy atom. The third kappa shape index (κ3) is 4.59. The van der Waals surface area contributed by atoms with E-state index < -0.39 is 5.97 Å². The summed E-state index contributed by atoms with van der Waals surface area (Å²) in [4.78, 5) is 33.0. The molecule has 1 aliphatic heterocycles. The summed E-state index contributed by atoms with van der Waals surface area (Å²) in [5.41, 5.74) is 1.43. The predicted octanol–water partition coefficient (Wildman–Crippen LogP) is 3.20. The van der Waals surface area contributed by atoms with Crippen molar-refractivity contribution in [3.8, 4) is 0 Å². The summed E-state index contributed by atoms with van der Waals surface area (Å²) >= 11 is 0. The second kappa shape index (κ2) is 9.01. The second-order valence-electron chi connectivity index (χ2n) is 7.19. The van der Waals surface area contributed by atoms with Crippen LogP contribution in [-0.4, -0.2) is 59.6 Å². The maximum Gasteiger partial charge on any atom is 0.336 e. The van der Waals surface area contributed by atoms with Crippen molar-refractivity contribution < 1.29 is 14.7 Å². The monoisotopic (exact) mass is 384 g/mol. The standard InChI is InChI=1S/C21H28N4O3/c1-3-5-20(26)22-15-6-7-18-16(13-15)17(21(27)28)14-19(23-18)25-11-9-24(8-4-2)10-12-25/h6-7,13-14H,3-5,8-12H2,1-2H3,(H,22,26)(H,27,28). The van der Waals surface area contributed by atoms with Gasteiger partial charge in [0.25, 0.3) is 0 Å². The molecule has 1 aromatic carbocycles. The zero-order chi connectivity index (χ0) is 20.1. The number of benzene rings is 1. The summed E-state index contributed by atoms with van der Waals surface area (Å²) in [5.74, 6) is -0.368. The number of hydrogen-bond donors (Lipinski definition) is 2. The number of aromatic carboxylic acids is 1. The molecule has 0 atom stereocenters. The van der Waals surface area contributed by atoms with Gasteiger partial charge in [0.05, 0.1) is 11.1 Å². The van der Waals surface area contributed by atoms with Crippen molar-refractivity contribution >= 4 is 34.3 Å². The molecule has 2 N–H and O–H groups in total. The molecule has 1 amide bonds. The van der Waals surface area contributed by atoms with Gasteiger partial charge in [-0.3, -0.25) is 9.69 Å². The number of aromatic nitrogens is 1. The highest BCUT2D eigenvalue weighted by Crippen LogP contribution is 2.27. The van der Waals surface area contributed by atoms with Crippen molar-refractivity contribution in [1.29, 1.82) is 0 Å². The molecule has 0 unspecified atom stereocenters. The van der Waals surface area contributed by atoms with E-state index in [0.29, 0.717) is 28.8 Å². The van der Waals surface area contributed by atoms with Crippen molar-refractivity contribution in [3.05, 3.63) is 29.8 Å². The number of nitrogens with zero attached hydrogens (tertiary/aromatic N) is 3. The molecule has 0 radical (unpaired) electrons.